The minimum Gasteiger partial charge on any atom is -0.396 e. The summed E-state index contributed by atoms with van der Waals surface area (Å²) in [7, 11) is -3.40. The van der Waals surface area contributed by atoms with Crippen LogP contribution in [-0.2, 0) is 16.3 Å². The maximum Gasteiger partial charge on any atom is 0.251 e. The average molecular weight is 416 g/mol. The number of sulfone groups is 1. The van der Waals surface area contributed by atoms with Crippen LogP contribution in [-0.4, -0.2) is 30.9 Å². The van der Waals surface area contributed by atoms with Crippen molar-refractivity contribution in [2.24, 2.45) is 5.92 Å². The van der Waals surface area contributed by atoms with E-state index in [2.05, 4.69) is 11.1 Å². The predicted octanol–water partition coefficient (Wildman–Crippen LogP) is 3.72. The van der Waals surface area contributed by atoms with Crippen molar-refractivity contribution in [3.8, 4) is 0 Å². The Hall–Kier alpha value is -2.18. The van der Waals surface area contributed by atoms with E-state index in [1.165, 1.54) is 12.8 Å². The molecular weight excluding hydrogens is 386 g/mol. The third-order valence-electron chi connectivity index (χ3n) is 5.56. The summed E-state index contributed by atoms with van der Waals surface area (Å²) >= 11 is 0. The molecule has 0 radical (unpaired) electrons. The van der Waals surface area contributed by atoms with Crippen LogP contribution in [0.3, 0.4) is 0 Å². The van der Waals surface area contributed by atoms with Gasteiger partial charge in [0.25, 0.3) is 5.56 Å². The van der Waals surface area contributed by atoms with Gasteiger partial charge in [0.05, 0.1) is 10.6 Å². The van der Waals surface area contributed by atoms with E-state index in [1.54, 1.807) is 24.3 Å². The number of benzene rings is 1. The summed E-state index contributed by atoms with van der Waals surface area (Å²) in [6.45, 7) is 1.81. The number of rotatable bonds is 8. The number of aromatic amines is 1. The lowest BCUT2D eigenvalue weighted by atomic mass is 9.95. The van der Waals surface area contributed by atoms with Gasteiger partial charge >= 0.3 is 0 Å². The molecule has 0 amide bonds. The second-order valence-electron chi connectivity index (χ2n) is 7.63. The smallest absolute Gasteiger partial charge is 0.251 e. The van der Waals surface area contributed by atoms with Crippen LogP contribution < -0.4 is 5.56 Å². The van der Waals surface area contributed by atoms with E-state index in [9.17, 15) is 13.2 Å². The molecule has 6 heteroatoms. The van der Waals surface area contributed by atoms with Gasteiger partial charge < -0.3 is 10.1 Å². The van der Waals surface area contributed by atoms with Crippen molar-refractivity contribution in [1.82, 2.24) is 4.98 Å². The van der Waals surface area contributed by atoms with Gasteiger partial charge in [0.1, 0.15) is 0 Å². The molecule has 3 rings (SSSR count). The van der Waals surface area contributed by atoms with E-state index in [0.717, 1.165) is 35.2 Å². The number of aliphatic hydroxyl groups is 1. The van der Waals surface area contributed by atoms with E-state index in [1.807, 2.05) is 19.1 Å². The third-order valence-corrected chi connectivity index (χ3v) is 7.38. The maximum atomic E-state index is 12.4. The average Bonchev–Trinajstić information content (AvgIpc) is 3.24. The summed E-state index contributed by atoms with van der Waals surface area (Å²) in [4.78, 5) is 15.6. The van der Waals surface area contributed by atoms with Crippen LogP contribution in [0.5, 0.6) is 0 Å². The van der Waals surface area contributed by atoms with Gasteiger partial charge in [-0.25, -0.2) is 8.42 Å². The van der Waals surface area contributed by atoms with E-state index >= 15 is 0 Å². The molecule has 0 bridgehead atoms. The molecule has 1 saturated carbocycles. The molecular formula is C23H29NO4S. The van der Waals surface area contributed by atoms with E-state index in [-0.39, 0.29) is 29.2 Å². The van der Waals surface area contributed by atoms with Gasteiger partial charge in [0.2, 0.25) is 0 Å². The van der Waals surface area contributed by atoms with E-state index in [4.69, 9.17) is 5.11 Å². The van der Waals surface area contributed by atoms with Crippen LogP contribution in [0.15, 0.2) is 52.2 Å². The van der Waals surface area contributed by atoms with Crippen molar-refractivity contribution in [1.29, 1.82) is 0 Å². The minimum absolute atomic E-state index is 0.0700. The summed E-state index contributed by atoms with van der Waals surface area (Å²) in [6, 6.07) is 10.6. The Balaban J connectivity index is 1.98. The summed E-state index contributed by atoms with van der Waals surface area (Å²) in [5, 5.41) is 8.91. The Morgan fingerprint density at radius 2 is 1.83 bits per heavy atom. The van der Waals surface area contributed by atoms with Gasteiger partial charge in [0.15, 0.2) is 9.84 Å². The zero-order chi connectivity index (χ0) is 20.9. The van der Waals surface area contributed by atoms with E-state index < -0.39 is 9.84 Å². The second-order valence-corrected chi connectivity index (χ2v) is 9.73. The molecule has 1 aliphatic rings. The Labute approximate surface area is 172 Å². The number of aromatic nitrogens is 1. The largest absolute Gasteiger partial charge is 0.396 e. The lowest BCUT2D eigenvalue weighted by molar-refractivity contribution is 0.295. The zero-order valence-electron chi connectivity index (χ0n) is 16.9. The van der Waals surface area contributed by atoms with Gasteiger partial charge in [-0.1, -0.05) is 44.0 Å². The highest BCUT2D eigenvalue weighted by Crippen LogP contribution is 2.32. The molecule has 1 fully saturated rings. The molecule has 1 aromatic heterocycles. The van der Waals surface area contributed by atoms with Gasteiger partial charge in [-0.3, -0.25) is 4.79 Å². The van der Waals surface area contributed by atoms with Gasteiger partial charge in [-0.2, -0.15) is 0 Å². The van der Waals surface area contributed by atoms with Crippen molar-refractivity contribution in [3.05, 3.63) is 69.6 Å². The summed E-state index contributed by atoms with van der Waals surface area (Å²) in [5.74, 6) is 0.395. The van der Waals surface area contributed by atoms with Crippen LogP contribution in [0.25, 0.3) is 5.57 Å². The molecule has 2 N–H and O–H groups in total. The Kier molecular flexibility index (Phi) is 7.09. The lowest BCUT2D eigenvalue weighted by Crippen LogP contribution is -2.14. The molecule has 0 spiro atoms. The molecule has 29 heavy (non-hydrogen) atoms. The first-order chi connectivity index (χ1) is 13.9. The molecule has 5 nitrogen and oxygen atoms in total. The van der Waals surface area contributed by atoms with Crippen LogP contribution in [0.2, 0.25) is 0 Å². The molecule has 0 unspecified atom stereocenters. The SMILES string of the molecule is CCc1ccc(/C(=C/C2CCCC2)c2ccc(S(=O)(=O)CCCO)cc2)[nH]c1=O. The molecule has 1 aliphatic carbocycles. The topological polar surface area (TPSA) is 87.2 Å². The minimum atomic E-state index is -3.40. The Bertz CT molecular complexity index is 1010. The van der Waals surface area contributed by atoms with E-state index in [0.29, 0.717) is 12.3 Å². The lowest BCUT2D eigenvalue weighted by Gasteiger charge is -2.13. The monoisotopic (exact) mass is 415 g/mol. The van der Waals surface area contributed by atoms with Crippen molar-refractivity contribution in [2.45, 2.75) is 50.3 Å². The Morgan fingerprint density at radius 3 is 2.41 bits per heavy atom. The van der Waals surface area contributed by atoms with Crippen molar-refractivity contribution < 1.29 is 13.5 Å². The molecule has 0 saturated heterocycles. The fourth-order valence-corrected chi connectivity index (χ4v) is 5.15. The fraction of sp³-hybridized carbons (Fsp3) is 0.435. The summed E-state index contributed by atoms with van der Waals surface area (Å²) in [5.41, 5.74) is 3.26. The molecule has 0 atom stereocenters. The van der Waals surface area contributed by atoms with Crippen LogP contribution in [0.4, 0.5) is 0 Å². The summed E-state index contributed by atoms with van der Waals surface area (Å²) < 4.78 is 24.7. The number of H-pyrrole nitrogens is 1. The fourth-order valence-electron chi connectivity index (χ4n) is 3.85. The first kappa shape index (κ1) is 21.5. The summed E-state index contributed by atoms with van der Waals surface area (Å²) in [6.07, 6.45) is 7.81. The number of hydrogen-bond donors (Lipinski definition) is 2. The molecule has 1 aromatic carbocycles. The zero-order valence-corrected chi connectivity index (χ0v) is 17.7. The number of nitrogens with one attached hydrogen (secondary N) is 1. The van der Waals surface area contributed by atoms with Gasteiger partial charge in [0, 0.05) is 23.4 Å². The van der Waals surface area contributed by atoms with Gasteiger partial charge in [-0.15, -0.1) is 0 Å². The first-order valence-corrected chi connectivity index (χ1v) is 12.0. The van der Waals surface area contributed by atoms with Crippen molar-refractivity contribution in [3.63, 3.8) is 0 Å². The number of hydrogen-bond acceptors (Lipinski definition) is 4. The normalized spacial score (nSPS) is 15.7. The second kappa shape index (κ2) is 9.55. The molecule has 0 aliphatic heterocycles. The number of aliphatic hydroxyl groups excluding tert-OH is 1. The highest BCUT2D eigenvalue weighted by molar-refractivity contribution is 7.91. The number of allylic oxidation sites excluding steroid dienone is 1. The van der Waals surface area contributed by atoms with Crippen LogP contribution >= 0.6 is 0 Å². The predicted molar refractivity (Wildman–Crippen MR) is 116 cm³/mol. The number of pyridine rings is 1. The highest BCUT2D eigenvalue weighted by atomic mass is 32.2. The highest BCUT2D eigenvalue weighted by Gasteiger charge is 2.18. The van der Waals surface area contributed by atoms with Gasteiger partial charge in [-0.05, 0) is 55.4 Å². The molecule has 1 heterocycles. The van der Waals surface area contributed by atoms with Crippen LogP contribution in [0.1, 0.15) is 55.8 Å². The first-order valence-electron chi connectivity index (χ1n) is 10.3. The standard InChI is InChI=1S/C23H29NO4S/c1-2-18-10-13-22(24-23(18)26)21(16-17-6-3-4-7-17)19-8-11-20(12-9-19)29(27,28)15-5-14-25/h8-13,16-17,25H,2-7,14-15H2,1H3,(H,24,26)/b21-16+. The Morgan fingerprint density at radius 1 is 1.14 bits per heavy atom. The maximum absolute atomic E-state index is 12.4. The van der Waals surface area contributed by atoms with Crippen molar-refractivity contribution >= 4 is 15.4 Å². The number of aryl methyl sites for hydroxylation is 1. The van der Waals surface area contributed by atoms with Crippen LogP contribution in [0, 0.1) is 5.92 Å². The third kappa shape index (κ3) is 5.25. The molecule has 2 aromatic rings. The molecule has 156 valence electrons. The quantitative estimate of drug-likeness (QED) is 0.688. The van der Waals surface area contributed by atoms with Crippen molar-refractivity contribution in [2.75, 3.05) is 12.4 Å².